The van der Waals surface area contributed by atoms with Gasteiger partial charge in [0.25, 0.3) is 0 Å². The molecule has 0 saturated carbocycles. The molecule has 0 aliphatic carbocycles. The molecular formula is C20H27NO5. The predicted octanol–water partition coefficient (Wildman–Crippen LogP) is 2.70. The predicted molar refractivity (Wildman–Crippen MR) is 96.8 cm³/mol. The van der Waals surface area contributed by atoms with Gasteiger partial charge in [-0.05, 0) is 44.4 Å². The van der Waals surface area contributed by atoms with E-state index in [0.717, 1.165) is 6.42 Å². The molecule has 2 aliphatic rings. The highest BCUT2D eigenvalue weighted by molar-refractivity contribution is 5.98. The van der Waals surface area contributed by atoms with E-state index in [4.69, 9.17) is 14.2 Å². The summed E-state index contributed by atoms with van der Waals surface area (Å²) in [5, 5.41) is 0. The molecule has 0 N–H and O–H groups in total. The molecule has 6 nitrogen and oxygen atoms in total. The minimum absolute atomic E-state index is 0.0370. The van der Waals surface area contributed by atoms with E-state index in [1.54, 1.807) is 18.2 Å². The Hall–Kier alpha value is -2.08. The summed E-state index contributed by atoms with van der Waals surface area (Å²) in [5.74, 6) is 1.59. The van der Waals surface area contributed by atoms with E-state index in [9.17, 15) is 9.59 Å². The van der Waals surface area contributed by atoms with Gasteiger partial charge in [0.05, 0.1) is 0 Å². The van der Waals surface area contributed by atoms with Crippen LogP contribution in [-0.4, -0.2) is 56.1 Å². The lowest BCUT2D eigenvalue weighted by Gasteiger charge is -2.31. The van der Waals surface area contributed by atoms with Gasteiger partial charge in [-0.1, -0.05) is 0 Å². The number of amides is 1. The van der Waals surface area contributed by atoms with Gasteiger partial charge < -0.3 is 19.1 Å². The van der Waals surface area contributed by atoms with Crippen molar-refractivity contribution in [1.29, 1.82) is 0 Å². The van der Waals surface area contributed by atoms with Crippen molar-refractivity contribution in [2.75, 3.05) is 39.5 Å². The molecule has 1 fully saturated rings. The smallest absolute Gasteiger partial charge is 0.222 e. The van der Waals surface area contributed by atoms with E-state index in [1.807, 2.05) is 11.8 Å². The molecule has 0 aromatic heterocycles. The Morgan fingerprint density at radius 2 is 1.88 bits per heavy atom. The van der Waals surface area contributed by atoms with E-state index >= 15 is 0 Å². The third kappa shape index (κ3) is 4.55. The summed E-state index contributed by atoms with van der Waals surface area (Å²) in [7, 11) is 0. The van der Waals surface area contributed by atoms with Gasteiger partial charge in [-0.2, -0.15) is 0 Å². The summed E-state index contributed by atoms with van der Waals surface area (Å²) >= 11 is 0. The highest BCUT2D eigenvalue weighted by Crippen LogP contribution is 2.32. The van der Waals surface area contributed by atoms with Gasteiger partial charge in [0.1, 0.15) is 13.2 Å². The molecule has 1 saturated heterocycles. The number of likely N-dealkylation sites (tertiary alicyclic amines) is 1. The fraction of sp³-hybridized carbons (Fsp3) is 0.600. The van der Waals surface area contributed by atoms with Crippen molar-refractivity contribution in [2.45, 2.75) is 32.6 Å². The fourth-order valence-corrected chi connectivity index (χ4v) is 3.45. The second kappa shape index (κ2) is 9.03. The van der Waals surface area contributed by atoms with Crippen molar-refractivity contribution in [1.82, 2.24) is 4.90 Å². The summed E-state index contributed by atoms with van der Waals surface area (Å²) in [6.07, 6.45) is 2.69. The summed E-state index contributed by atoms with van der Waals surface area (Å²) in [6, 6.07) is 5.39. The topological polar surface area (TPSA) is 65.1 Å². The van der Waals surface area contributed by atoms with Gasteiger partial charge in [0.2, 0.25) is 5.91 Å². The Balaban J connectivity index is 1.50. The zero-order valence-electron chi connectivity index (χ0n) is 15.4. The molecule has 2 heterocycles. The maximum Gasteiger partial charge on any atom is 0.222 e. The number of fused-ring (bicyclic) bond motifs is 1. The van der Waals surface area contributed by atoms with Crippen LogP contribution < -0.4 is 9.47 Å². The first kappa shape index (κ1) is 18.7. The first-order chi connectivity index (χ1) is 12.7. The quantitative estimate of drug-likeness (QED) is 0.552. The van der Waals surface area contributed by atoms with Gasteiger partial charge in [-0.25, -0.2) is 0 Å². The number of Topliss-reactive ketones (excluding diaryl/α,β-unsaturated/α-hetero) is 1. The maximum atomic E-state index is 12.8. The summed E-state index contributed by atoms with van der Waals surface area (Å²) in [4.78, 5) is 26.9. The number of ketones is 1. The van der Waals surface area contributed by atoms with Gasteiger partial charge in [-0.3, -0.25) is 9.59 Å². The first-order valence-electron chi connectivity index (χ1n) is 9.48. The minimum atomic E-state index is -0.0370. The Morgan fingerprint density at radius 3 is 2.62 bits per heavy atom. The van der Waals surface area contributed by atoms with Crippen molar-refractivity contribution < 1.29 is 23.8 Å². The van der Waals surface area contributed by atoms with Crippen LogP contribution in [0.5, 0.6) is 11.5 Å². The molecule has 26 heavy (non-hydrogen) atoms. The van der Waals surface area contributed by atoms with Crippen LogP contribution in [0.4, 0.5) is 0 Å². The molecule has 0 spiro atoms. The van der Waals surface area contributed by atoms with Crippen LogP contribution in [-0.2, 0) is 9.53 Å². The summed E-state index contributed by atoms with van der Waals surface area (Å²) in [5.41, 5.74) is 0.663. The second-order valence-corrected chi connectivity index (χ2v) is 6.68. The van der Waals surface area contributed by atoms with E-state index < -0.39 is 0 Å². The van der Waals surface area contributed by atoms with Crippen LogP contribution in [0.15, 0.2) is 18.2 Å². The lowest BCUT2D eigenvalue weighted by atomic mass is 9.88. The largest absolute Gasteiger partial charge is 0.486 e. The van der Waals surface area contributed by atoms with Crippen molar-refractivity contribution in [3.63, 3.8) is 0 Å². The normalized spacial score (nSPS) is 17.2. The van der Waals surface area contributed by atoms with Crippen LogP contribution in [0, 0.1) is 5.92 Å². The van der Waals surface area contributed by atoms with Crippen LogP contribution in [0.2, 0.25) is 0 Å². The number of hydrogen-bond acceptors (Lipinski definition) is 5. The van der Waals surface area contributed by atoms with Gasteiger partial charge >= 0.3 is 0 Å². The Kier molecular flexibility index (Phi) is 6.50. The number of benzene rings is 1. The average molecular weight is 361 g/mol. The molecule has 142 valence electrons. The van der Waals surface area contributed by atoms with Crippen LogP contribution in [0.25, 0.3) is 0 Å². The molecule has 1 aromatic rings. The standard InChI is InChI=1S/C20H27NO5/c1-2-24-11-3-4-19(22)21-9-7-15(8-10-21)20(23)16-5-6-17-18(14-16)26-13-12-25-17/h5-6,14-15H,2-4,7-13H2,1H3. The van der Waals surface area contributed by atoms with E-state index in [1.165, 1.54) is 0 Å². The Morgan fingerprint density at radius 1 is 1.15 bits per heavy atom. The highest BCUT2D eigenvalue weighted by Gasteiger charge is 2.28. The molecule has 0 unspecified atom stereocenters. The molecule has 1 aromatic carbocycles. The number of carbonyl (C=O) groups is 2. The Bertz CT molecular complexity index is 637. The van der Waals surface area contributed by atoms with Crippen molar-refractivity contribution in [3.05, 3.63) is 23.8 Å². The number of ether oxygens (including phenoxy) is 3. The SMILES string of the molecule is CCOCCCC(=O)N1CCC(C(=O)c2ccc3c(c2)OCCO3)CC1. The number of hydrogen-bond donors (Lipinski definition) is 0. The molecule has 0 atom stereocenters. The highest BCUT2D eigenvalue weighted by atomic mass is 16.6. The van der Waals surface area contributed by atoms with E-state index in [-0.39, 0.29) is 17.6 Å². The number of nitrogens with zero attached hydrogens (tertiary/aromatic N) is 1. The van der Waals surface area contributed by atoms with Crippen molar-refractivity contribution in [3.8, 4) is 11.5 Å². The van der Waals surface area contributed by atoms with Gasteiger partial charge in [0.15, 0.2) is 17.3 Å². The molecule has 0 radical (unpaired) electrons. The number of carbonyl (C=O) groups excluding carboxylic acids is 2. The molecule has 0 bridgehead atoms. The molecule has 2 aliphatic heterocycles. The van der Waals surface area contributed by atoms with E-state index in [2.05, 4.69) is 0 Å². The average Bonchev–Trinajstić information content (AvgIpc) is 2.70. The maximum absolute atomic E-state index is 12.8. The van der Waals surface area contributed by atoms with Gasteiger partial charge in [-0.15, -0.1) is 0 Å². The summed E-state index contributed by atoms with van der Waals surface area (Å²) < 4.78 is 16.3. The monoisotopic (exact) mass is 361 g/mol. The molecule has 1 amide bonds. The van der Waals surface area contributed by atoms with Crippen LogP contribution >= 0.6 is 0 Å². The molecular weight excluding hydrogens is 334 g/mol. The zero-order valence-corrected chi connectivity index (χ0v) is 15.4. The zero-order chi connectivity index (χ0) is 18.4. The minimum Gasteiger partial charge on any atom is -0.486 e. The number of rotatable bonds is 7. The summed E-state index contributed by atoms with van der Waals surface area (Å²) in [6.45, 7) is 5.60. The Labute approximate surface area is 154 Å². The van der Waals surface area contributed by atoms with Crippen LogP contribution in [0.3, 0.4) is 0 Å². The second-order valence-electron chi connectivity index (χ2n) is 6.68. The van der Waals surface area contributed by atoms with Crippen molar-refractivity contribution in [2.24, 2.45) is 5.92 Å². The first-order valence-corrected chi connectivity index (χ1v) is 9.48. The van der Waals surface area contributed by atoms with E-state index in [0.29, 0.717) is 75.8 Å². The van der Waals surface area contributed by atoms with Gasteiger partial charge in [0, 0.05) is 44.2 Å². The number of piperidine rings is 1. The third-order valence-corrected chi connectivity index (χ3v) is 4.93. The molecule has 3 rings (SSSR count). The lowest BCUT2D eigenvalue weighted by Crippen LogP contribution is -2.40. The molecule has 6 heteroatoms. The lowest BCUT2D eigenvalue weighted by molar-refractivity contribution is -0.132. The van der Waals surface area contributed by atoms with Crippen molar-refractivity contribution >= 4 is 11.7 Å². The van der Waals surface area contributed by atoms with Crippen LogP contribution in [0.1, 0.15) is 43.0 Å². The fourth-order valence-electron chi connectivity index (χ4n) is 3.45. The third-order valence-electron chi connectivity index (χ3n) is 4.93.